The lowest BCUT2D eigenvalue weighted by Gasteiger charge is -2.29. The largest absolute Gasteiger partial charge is 0.378 e. The standard InChI is InChI=1S/C22H24N6O4S/c29-20(14-33-22-23-24-25-28(22)17-3-1-15(2-4-17)21(30)31)27-8-7-16-13-18(5-6-19(16)27)26-9-11-32-12-10-26/h1-6,13,21,30-31H,7-12,14H2. The Morgan fingerprint density at radius 2 is 1.82 bits per heavy atom. The van der Waals surface area contributed by atoms with Gasteiger partial charge in [0.15, 0.2) is 6.29 Å². The number of benzene rings is 2. The van der Waals surface area contributed by atoms with Crippen molar-refractivity contribution in [3.63, 3.8) is 0 Å². The molecule has 3 aromatic rings. The quantitative estimate of drug-likeness (QED) is 0.406. The van der Waals surface area contributed by atoms with Gasteiger partial charge in [0.25, 0.3) is 0 Å². The van der Waals surface area contributed by atoms with E-state index in [0.717, 1.165) is 38.4 Å². The first-order valence-corrected chi connectivity index (χ1v) is 11.7. The topological polar surface area (TPSA) is 117 Å². The molecule has 0 bridgehead atoms. The second kappa shape index (κ2) is 9.48. The van der Waals surface area contributed by atoms with Crippen LogP contribution in [0.3, 0.4) is 0 Å². The van der Waals surface area contributed by atoms with Crippen molar-refractivity contribution in [2.24, 2.45) is 0 Å². The molecule has 1 amide bonds. The number of hydrogen-bond acceptors (Lipinski definition) is 9. The van der Waals surface area contributed by atoms with E-state index in [4.69, 9.17) is 4.74 Å². The third-order valence-corrected chi connectivity index (χ3v) is 6.74. The van der Waals surface area contributed by atoms with Crippen LogP contribution in [0, 0.1) is 0 Å². The van der Waals surface area contributed by atoms with E-state index in [1.807, 2.05) is 11.0 Å². The number of carbonyl (C=O) groups is 1. The van der Waals surface area contributed by atoms with Crippen LogP contribution in [0.15, 0.2) is 47.6 Å². The lowest BCUT2D eigenvalue weighted by Crippen LogP contribution is -2.36. The summed E-state index contributed by atoms with van der Waals surface area (Å²) in [6.45, 7) is 3.92. The number of thioether (sulfide) groups is 1. The Morgan fingerprint density at radius 3 is 2.58 bits per heavy atom. The van der Waals surface area contributed by atoms with Gasteiger partial charge in [0.05, 0.1) is 24.7 Å². The Kier molecular flexibility index (Phi) is 6.27. The van der Waals surface area contributed by atoms with E-state index in [2.05, 4.69) is 32.6 Å². The molecule has 11 heteroatoms. The molecule has 33 heavy (non-hydrogen) atoms. The maximum Gasteiger partial charge on any atom is 0.237 e. The van der Waals surface area contributed by atoms with Crippen molar-refractivity contribution in [2.45, 2.75) is 17.9 Å². The van der Waals surface area contributed by atoms with Crippen molar-refractivity contribution in [2.75, 3.05) is 48.4 Å². The average Bonchev–Trinajstić information content (AvgIpc) is 3.50. The molecule has 0 saturated carbocycles. The van der Waals surface area contributed by atoms with Gasteiger partial charge in [0.2, 0.25) is 11.1 Å². The van der Waals surface area contributed by atoms with Gasteiger partial charge in [-0.3, -0.25) is 4.79 Å². The second-order valence-corrected chi connectivity index (χ2v) is 8.78. The molecule has 10 nitrogen and oxygen atoms in total. The van der Waals surface area contributed by atoms with Gasteiger partial charge < -0.3 is 24.7 Å². The van der Waals surface area contributed by atoms with Crippen LogP contribution >= 0.6 is 11.8 Å². The Labute approximate surface area is 194 Å². The fourth-order valence-corrected chi connectivity index (χ4v) is 4.86. The summed E-state index contributed by atoms with van der Waals surface area (Å²) in [5, 5.41) is 30.8. The maximum atomic E-state index is 13.0. The van der Waals surface area contributed by atoms with E-state index >= 15 is 0 Å². The normalized spacial score (nSPS) is 15.8. The van der Waals surface area contributed by atoms with Gasteiger partial charge in [-0.25, -0.2) is 0 Å². The number of nitrogens with zero attached hydrogens (tertiary/aromatic N) is 6. The number of amides is 1. The molecule has 172 valence electrons. The smallest absolute Gasteiger partial charge is 0.237 e. The predicted octanol–water partition coefficient (Wildman–Crippen LogP) is 1.16. The molecule has 5 rings (SSSR count). The van der Waals surface area contributed by atoms with Gasteiger partial charge in [-0.05, 0) is 52.7 Å². The average molecular weight is 469 g/mol. The van der Waals surface area contributed by atoms with E-state index in [-0.39, 0.29) is 11.7 Å². The summed E-state index contributed by atoms with van der Waals surface area (Å²) in [5.41, 5.74) is 4.38. The minimum Gasteiger partial charge on any atom is -0.378 e. The number of tetrazole rings is 1. The third kappa shape index (κ3) is 4.58. The molecule has 3 heterocycles. The van der Waals surface area contributed by atoms with E-state index < -0.39 is 6.29 Å². The van der Waals surface area contributed by atoms with E-state index in [1.165, 1.54) is 27.7 Å². The summed E-state index contributed by atoms with van der Waals surface area (Å²) in [6, 6.07) is 12.9. The van der Waals surface area contributed by atoms with Crippen LogP contribution in [0.5, 0.6) is 0 Å². The van der Waals surface area contributed by atoms with Gasteiger partial charge in [-0.15, -0.1) is 5.10 Å². The van der Waals surface area contributed by atoms with Gasteiger partial charge >= 0.3 is 0 Å². The molecule has 2 N–H and O–H groups in total. The molecule has 0 spiro atoms. The molecular weight excluding hydrogens is 444 g/mol. The zero-order valence-corrected chi connectivity index (χ0v) is 18.7. The summed E-state index contributed by atoms with van der Waals surface area (Å²) in [4.78, 5) is 17.1. The summed E-state index contributed by atoms with van der Waals surface area (Å²) < 4.78 is 6.96. The number of ether oxygens (including phenoxy) is 1. The molecule has 0 unspecified atom stereocenters. The van der Waals surface area contributed by atoms with Crippen molar-refractivity contribution in [3.8, 4) is 5.69 Å². The SMILES string of the molecule is O=C(CSc1nnnn1-c1ccc(C(O)O)cc1)N1CCc2cc(N3CCOCC3)ccc21. The van der Waals surface area contributed by atoms with Gasteiger partial charge in [-0.2, -0.15) is 4.68 Å². The first kappa shape index (κ1) is 21.8. The molecule has 0 atom stereocenters. The molecule has 2 aliphatic heterocycles. The highest BCUT2D eigenvalue weighted by Gasteiger charge is 2.26. The zero-order valence-electron chi connectivity index (χ0n) is 17.9. The fourth-order valence-electron chi connectivity index (χ4n) is 4.09. The number of morpholine rings is 1. The molecular formula is C22H24N6O4S. The molecule has 1 fully saturated rings. The van der Waals surface area contributed by atoms with Crippen molar-refractivity contribution in [1.82, 2.24) is 20.2 Å². The molecule has 2 aliphatic rings. The molecule has 2 aromatic carbocycles. The number of aliphatic hydroxyl groups excluding tert-OH is 1. The van der Waals surface area contributed by atoms with Crippen LogP contribution in [-0.4, -0.2) is 74.9 Å². The van der Waals surface area contributed by atoms with Crippen molar-refractivity contribution in [3.05, 3.63) is 53.6 Å². The monoisotopic (exact) mass is 468 g/mol. The minimum atomic E-state index is -1.53. The number of rotatable bonds is 6. The summed E-state index contributed by atoms with van der Waals surface area (Å²) >= 11 is 1.27. The maximum absolute atomic E-state index is 13.0. The summed E-state index contributed by atoms with van der Waals surface area (Å²) in [6.07, 6.45) is -0.697. The number of fused-ring (bicyclic) bond motifs is 1. The van der Waals surface area contributed by atoms with Crippen molar-refractivity contribution >= 4 is 29.0 Å². The van der Waals surface area contributed by atoms with Gasteiger partial charge in [-0.1, -0.05) is 23.9 Å². The fraction of sp³-hybridized carbons (Fsp3) is 0.364. The number of carbonyl (C=O) groups excluding carboxylic acids is 1. The van der Waals surface area contributed by atoms with Crippen molar-refractivity contribution in [1.29, 1.82) is 0 Å². The zero-order chi connectivity index (χ0) is 22.8. The lowest BCUT2D eigenvalue weighted by molar-refractivity contribution is -0.116. The molecule has 0 radical (unpaired) electrons. The van der Waals surface area contributed by atoms with Crippen LogP contribution in [-0.2, 0) is 16.0 Å². The molecule has 0 aliphatic carbocycles. The highest BCUT2D eigenvalue weighted by atomic mass is 32.2. The van der Waals surface area contributed by atoms with Crippen LogP contribution in [0.1, 0.15) is 17.4 Å². The Morgan fingerprint density at radius 1 is 1.06 bits per heavy atom. The third-order valence-electron chi connectivity index (χ3n) is 5.84. The van der Waals surface area contributed by atoms with Gasteiger partial charge in [0, 0.05) is 36.6 Å². The predicted molar refractivity (Wildman–Crippen MR) is 123 cm³/mol. The minimum absolute atomic E-state index is 0.00572. The highest BCUT2D eigenvalue weighted by Crippen LogP contribution is 2.33. The Bertz CT molecular complexity index is 1130. The van der Waals surface area contributed by atoms with E-state index in [9.17, 15) is 15.0 Å². The number of aliphatic hydroxyl groups is 2. The Hall–Kier alpha value is -2.99. The first-order valence-electron chi connectivity index (χ1n) is 10.7. The van der Waals surface area contributed by atoms with E-state index in [0.29, 0.717) is 23.0 Å². The van der Waals surface area contributed by atoms with E-state index in [1.54, 1.807) is 24.3 Å². The number of aromatic nitrogens is 4. The number of hydrogen-bond donors (Lipinski definition) is 2. The highest BCUT2D eigenvalue weighted by molar-refractivity contribution is 7.99. The van der Waals surface area contributed by atoms with Crippen LogP contribution in [0.4, 0.5) is 11.4 Å². The van der Waals surface area contributed by atoms with Crippen LogP contribution < -0.4 is 9.80 Å². The summed E-state index contributed by atoms with van der Waals surface area (Å²) in [7, 11) is 0. The summed E-state index contributed by atoms with van der Waals surface area (Å²) in [5.74, 6) is 0.213. The second-order valence-electron chi connectivity index (χ2n) is 7.83. The van der Waals surface area contributed by atoms with Crippen molar-refractivity contribution < 1.29 is 19.7 Å². The molecule has 1 saturated heterocycles. The number of anilines is 2. The Balaban J connectivity index is 1.25. The lowest BCUT2D eigenvalue weighted by atomic mass is 10.1. The first-order chi connectivity index (χ1) is 16.1. The van der Waals surface area contributed by atoms with Crippen LogP contribution in [0.2, 0.25) is 0 Å². The van der Waals surface area contributed by atoms with Crippen LogP contribution in [0.25, 0.3) is 5.69 Å². The van der Waals surface area contributed by atoms with Gasteiger partial charge in [0.1, 0.15) is 0 Å². The molecule has 1 aromatic heterocycles.